The fourth-order valence-electron chi connectivity index (χ4n) is 1.26. The molecule has 1 aromatic heterocycles. The average Bonchev–Trinajstić information content (AvgIpc) is 2.47. The van der Waals surface area contributed by atoms with Crippen molar-refractivity contribution in [2.24, 2.45) is 0 Å². The van der Waals surface area contributed by atoms with E-state index in [0.29, 0.717) is 0 Å². The van der Waals surface area contributed by atoms with Crippen LogP contribution in [0.25, 0.3) is 16.8 Å². The van der Waals surface area contributed by atoms with E-state index in [-0.39, 0.29) is 0 Å². The Kier molecular flexibility index (Phi) is 1.74. The van der Waals surface area contributed by atoms with E-state index in [4.69, 9.17) is 0 Å². The molecule has 0 amide bonds. The van der Waals surface area contributed by atoms with E-state index in [9.17, 15) is 0 Å². The second-order valence-electron chi connectivity index (χ2n) is 2.71. The summed E-state index contributed by atoms with van der Waals surface area (Å²) in [5.41, 5.74) is 1.17. The van der Waals surface area contributed by atoms with Crippen molar-refractivity contribution < 1.29 is 0 Å². The molecule has 0 aliphatic heterocycles. The van der Waals surface area contributed by atoms with E-state index in [1.165, 1.54) is 16.3 Å². The van der Waals surface area contributed by atoms with Crippen molar-refractivity contribution in [3.05, 3.63) is 47.5 Å². The van der Waals surface area contributed by atoms with Crippen LogP contribution in [0.15, 0.2) is 30.2 Å². The highest BCUT2D eigenvalue weighted by atomic mass is 32.1. The summed E-state index contributed by atoms with van der Waals surface area (Å²) in [7, 11) is 0. The van der Waals surface area contributed by atoms with E-state index in [0.717, 1.165) is 4.88 Å². The fraction of sp³-hybridized carbons (Fsp3) is 0. The van der Waals surface area contributed by atoms with E-state index >= 15 is 0 Å². The summed E-state index contributed by atoms with van der Waals surface area (Å²) in [6.45, 7) is 7.69. The molecule has 0 saturated carbocycles. The highest BCUT2D eigenvalue weighted by Crippen LogP contribution is 2.25. The minimum Gasteiger partial charge on any atom is -0.148 e. The molecule has 12 heavy (non-hydrogen) atoms. The van der Waals surface area contributed by atoms with Gasteiger partial charge in [-0.3, -0.25) is 0 Å². The Bertz CT molecular complexity index is 423. The lowest BCUT2D eigenvalue weighted by molar-refractivity contribution is 1.76. The molecule has 1 aromatic carbocycles. The van der Waals surface area contributed by atoms with Crippen LogP contribution in [0.5, 0.6) is 0 Å². The van der Waals surface area contributed by atoms with Crippen molar-refractivity contribution in [1.82, 2.24) is 0 Å². The van der Waals surface area contributed by atoms with Crippen LogP contribution in [0, 0.1) is 6.92 Å². The number of rotatable bonds is 1. The van der Waals surface area contributed by atoms with Gasteiger partial charge in [-0.15, -0.1) is 11.3 Å². The number of hydrogen-bond acceptors (Lipinski definition) is 1. The number of benzene rings is 1. The third-order valence-electron chi connectivity index (χ3n) is 1.94. The molecule has 0 atom stereocenters. The van der Waals surface area contributed by atoms with Gasteiger partial charge in [-0.2, -0.15) is 0 Å². The van der Waals surface area contributed by atoms with Gasteiger partial charge in [0.2, 0.25) is 0 Å². The van der Waals surface area contributed by atoms with Crippen molar-refractivity contribution in [1.29, 1.82) is 0 Å². The Balaban J connectivity index is 2.77. The Morgan fingerprint density at radius 3 is 2.92 bits per heavy atom. The van der Waals surface area contributed by atoms with Gasteiger partial charge < -0.3 is 0 Å². The maximum atomic E-state index is 3.96. The van der Waals surface area contributed by atoms with Crippen molar-refractivity contribution >= 4 is 28.2 Å². The number of fused-ring (bicyclic) bond motifs is 1. The smallest absolute Gasteiger partial charge is 0.0127 e. The second-order valence-corrected chi connectivity index (χ2v) is 3.67. The largest absolute Gasteiger partial charge is 0.148 e. The molecule has 0 fully saturated rings. The van der Waals surface area contributed by atoms with Gasteiger partial charge in [-0.1, -0.05) is 24.8 Å². The van der Waals surface area contributed by atoms with Crippen LogP contribution in [0.2, 0.25) is 0 Å². The van der Waals surface area contributed by atoms with Crippen LogP contribution in [-0.2, 0) is 0 Å². The average molecular weight is 173 g/mol. The first-order valence-electron chi connectivity index (χ1n) is 3.77. The van der Waals surface area contributed by atoms with Crippen LogP contribution in [0.3, 0.4) is 0 Å². The fourth-order valence-corrected chi connectivity index (χ4v) is 2.03. The first kappa shape index (κ1) is 7.56. The van der Waals surface area contributed by atoms with Gasteiger partial charge in [0.25, 0.3) is 0 Å². The minimum atomic E-state index is 1.14. The second kappa shape index (κ2) is 2.76. The minimum absolute atomic E-state index is 1.14. The SMILES string of the molecule is [CH2]c1scc2cc(C=C)ccc12. The third-order valence-corrected chi connectivity index (χ3v) is 2.82. The van der Waals surface area contributed by atoms with Gasteiger partial charge in [0.1, 0.15) is 0 Å². The van der Waals surface area contributed by atoms with E-state index in [2.05, 4.69) is 37.1 Å². The Hall–Kier alpha value is -1.08. The third kappa shape index (κ3) is 1.07. The summed E-state index contributed by atoms with van der Waals surface area (Å²) in [6, 6.07) is 6.30. The monoisotopic (exact) mass is 173 g/mol. The van der Waals surface area contributed by atoms with Gasteiger partial charge in [0.05, 0.1) is 0 Å². The number of thiophene rings is 1. The molecule has 0 bridgehead atoms. The molecular formula is C11H9S. The zero-order valence-electron chi connectivity index (χ0n) is 6.71. The van der Waals surface area contributed by atoms with Crippen molar-refractivity contribution in [3.63, 3.8) is 0 Å². The van der Waals surface area contributed by atoms with Crippen LogP contribution >= 0.6 is 11.3 Å². The quantitative estimate of drug-likeness (QED) is 0.616. The molecule has 2 aromatic rings. The molecule has 1 heterocycles. The standard InChI is InChI=1S/C11H9S/c1-3-9-4-5-11-8(2)12-7-10(11)6-9/h3-7H,1-2H2. The molecule has 59 valence electrons. The number of hydrogen-bond donors (Lipinski definition) is 0. The Labute approximate surface area is 76.2 Å². The molecular weight excluding hydrogens is 164 g/mol. The molecule has 1 radical (unpaired) electrons. The van der Waals surface area contributed by atoms with Gasteiger partial charge in [0, 0.05) is 4.88 Å². The Morgan fingerprint density at radius 2 is 2.17 bits per heavy atom. The molecule has 0 unspecified atom stereocenters. The maximum Gasteiger partial charge on any atom is 0.0127 e. The lowest BCUT2D eigenvalue weighted by Crippen LogP contribution is -1.70. The lowest BCUT2D eigenvalue weighted by atomic mass is 10.1. The van der Waals surface area contributed by atoms with Crippen LogP contribution < -0.4 is 0 Å². The summed E-state index contributed by atoms with van der Waals surface area (Å²) in [5, 5.41) is 4.65. The zero-order chi connectivity index (χ0) is 8.55. The van der Waals surface area contributed by atoms with Crippen LogP contribution in [-0.4, -0.2) is 0 Å². The molecule has 0 aliphatic carbocycles. The van der Waals surface area contributed by atoms with Crippen molar-refractivity contribution in [3.8, 4) is 0 Å². The molecule has 0 saturated heterocycles. The summed E-state index contributed by atoms with van der Waals surface area (Å²) in [4.78, 5) is 1.14. The molecule has 1 heteroatoms. The molecule has 0 nitrogen and oxygen atoms in total. The normalized spacial score (nSPS) is 10.4. The lowest BCUT2D eigenvalue weighted by Gasteiger charge is -1.93. The molecule has 0 spiro atoms. The zero-order valence-corrected chi connectivity index (χ0v) is 7.53. The predicted octanol–water partition coefficient (Wildman–Crippen LogP) is 3.73. The van der Waals surface area contributed by atoms with E-state index in [1.807, 2.05) is 6.08 Å². The van der Waals surface area contributed by atoms with Gasteiger partial charge in [-0.25, -0.2) is 0 Å². The summed E-state index contributed by atoms with van der Waals surface area (Å²) < 4.78 is 0. The molecule has 0 aliphatic rings. The highest BCUT2D eigenvalue weighted by Gasteiger charge is 1.98. The first-order chi connectivity index (χ1) is 5.81. The highest BCUT2D eigenvalue weighted by molar-refractivity contribution is 7.11. The molecule has 2 rings (SSSR count). The molecule has 0 N–H and O–H groups in total. The summed E-state index contributed by atoms with van der Waals surface area (Å²) in [5.74, 6) is 0. The van der Waals surface area contributed by atoms with Crippen LogP contribution in [0.4, 0.5) is 0 Å². The Morgan fingerprint density at radius 1 is 1.33 bits per heavy atom. The topological polar surface area (TPSA) is 0 Å². The van der Waals surface area contributed by atoms with Crippen LogP contribution in [0.1, 0.15) is 10.4 Å². The van der Waals surface area contributed by atoms with Crippen molar-refractivity contribution in [2.75, 3.05) is 0 Å². The van der Waals surface area contributed by atoms with Gasteiger partial charge in [-0.05, 0) is 34.7 Å². The summed E-state index contributed by atoms with van der Waals surface area (Å²) >= 11 is 1.69. The van der Waals surface area contributed by atoms with E-state index < -0.39 is 0 Å². The first-order valence-corrected chi connectivity index (χ1v) is 4.65. The predicted molar refractivity (Wildman–Crippen MR) is 56.4 cm³/mol. The van der Waals surface area contributed by atoms with E-state index in [1.54, 1.807) is 11.3 Å². The van der Waals surface area contributed by atoms with Gasteiger partial charge >= 0.3 is 0 Å². The van der Waals surface area contributed by atoms with Gasteiger partial charge in [0.15, 0.2) is 0 Å². The maximum absolute atomic E-state index is 3.96. The summed E-state index contributed by atoms with van der Waals surface area (Å²) in [6.07, 6.45) is 1.86. The van der Waals surface area contributed by atoms with Crippen molar-refractivity contribution in [2.45, 2.75) is 0 Å².